The number of anilines is 1. The second-order valence-corrected chi connectivity index (χ2v) is 13.8. The van der Waals surface area contributed by atoms with Crippen molar-refractivity contribution in [3.63, 3.8) is 0 Å². The molecule has 0 amide bonds. The van der Waals surface area contributed by atoms with Gasteiger partial charge in [0, 0.05) is 55.1 Å². The second-order valence-electron chi connectivity index (χ2n) is 13.8. The molecule has 0 fully saturated rings. The minimum Gasteiger partial charge on any atom is -0.344 e. The minimum atomic E-state index is -0.171. The molecule has 0 aliphatic carbocycles. The number of ether oxygens (including phenoxy) is 1. The van der Waals surface area contributed by atoms with Crippen LogP contribution in [0.25, 0.3) is 21.5 Å². The highest BCUT2D eigenvalue weighted by Gasteiger charge is 2.47. The molecule has 0 spiro atoms. The Balaban J connectivity index is 1.37. The highest BCUT2D eigenvalue weighted by atomic mass is 16.5. The minimum absolute atomic E-state index is 0.0791. The van der Waals surface area contributed by atoms with E-state index in [0.29, 0.717) is 5.92 Å². The summed E-state index contributed by atoms with van der Waals surface area (Å²) in [5, 5.41) is 5.25. The summed E-state index contributed by atoms with van der Waals surface area (Å²) < 4.78 is 8.26. The predicted octanol–water partition coefficient (Wildman–Crippen LogP) is 10.2. The molecule has 2 aliphatic heterocycles. The Morgan fingerprint density at radius 2 is 1.39 bits per heavy atom. The fraction of sp³-hybridized carbons (Fsp3) is 0.341. The van der Waals surface area contributed by atoms with Gasteiger partial charge in [0.15, 0.2) is 5.71 Å². The Morgan fingerprint density at radius 3 is 2.05 bits per heavy atom. The van der Waals surface area contributed by atoms with Crippen molar-refractivity contribution in [3.05, 3.63) is 120 Å². The van der Waals surface area contributed by atoms with E-state index in [1.807, 2.05) is 0 Å². The molecule has 0 aromatic heterocycles. The Kier molecular flexibility index (Phi) is 7.88. The first kappa shape index (κ1) is 30.1. The molecule has 44 heavy (non-hydrogen) atoms. The van der Waals surface area contributed by atoms with Crippen LogP contribution >= 0.6 is 0 Å². The Bertz CT molecular complexity index is 1850. The van der Waals surface area contributed by atoms with Crippen LogP contribution in [0.3, 0.4) is 0 Å². The van der Waals surface area contributed by atoms with Gasteiger partial charge in [0.1, 0.15) is 0 Å². The van der Waals surface area contributed by atoms with Gasteiger partial charge >= 0.3 is 0 Å². The van der Waals surface area contributed by atoms with Gasteiger partial charge in [-0.25, -0.2) is 0 Å². The van der Waals surface area contributed by atoms with Crippen molar-refractivity contribution < 1.29 is 9.31 Å². The third-order valence-corrected chi connectivity index (χ3v) is 9.81. The van der Waals surface area contributed by atoms with Crippen molar-refractivity contribution in [3.8, 4) is 0 Å². The molecular weight excluding hydrogens is 536 g/mol. The summed E-state index contributed by atoms with van der Waals surface area (Å²) in [7, 11) is 1.79. The number of fused-ring (bicyclic) bond motifs is 6. The van der Waals surface area contributed by atoms with Crippen LogP contribution in [-0.4, -0.2) is 30.2 Å². The van der Waals surface area contributed by atoms with Crippen LogP contribution in [-0.2, 0) is 15.6 Å². The molecule has 4 aromatic carbocycles. The Labute approximate surface area is 263 Å². The first-order valence-electron chi connectivity index (χ1n) is 16.1. The van der Waals surface area contributed by atoms with E-state index in [4.69, 9.17) is 4.74 Å². The average molecular weight is 584 g/mol. The lowest BCUT2D eigenvalue weighted by Gasteiger charge is -2.27. The van der Waals surface area contributed by atoms with E-state index in [9.17, 15) is 0 Å². The largest absolute Gasteiger partial charge is 0.344 e. The van der Waals surface area contributed by atoms with E-state index in [2.05, 4.69) is 161 Å². The maximum atomic E-state index is 5.90. The van der Waals surface area contributed by atoms with Crippen molar-refractivity contribution >= 4 is 38.6 Å². The summed E-state index contributed by atoms with van der Waals surface area (Å²) in [6, 6.07) is 26.6. The molecular formula is C41H47N2O+. The number of allylic oxidation sites excluding steroid dienone is 6. The molecule has 0 bridgehead atoms. The van der Waals surface area contributed by atoms with Crippen LogP contribution in [0.2, 0.25) is 0 Å². The number of rotatable bonds is 8. The van der Waals surface area contributed by atoms with E-state index in [1.165, 1.54) is 55.5 Å². The lowest BCUT2D eigenvalue weighted by molar-refractivity contribution is -0.532. The van der Waals surface area contributed by atoms with Crippen LogP contribution < -0.4 is 4.90 Å². The summed E-state index contributed by atoms with van der Waals surface area (Å²) in [6.07, 6.45) is 12.3. The number of hydrogen-bond donors (Lipinski definition) is 0. The normalized spacial score (nSPS) is 18.9. The second kappa shape index (κ2) is 11.5. The van der Waals surface area contributed by atoms with Gasteiger partial charge < -0.3 is 9.64 Å². The topological polar surface area (TPSA) is 15.5 Å². The van der Waals surface area contributed by atoms with Crippen LogP contribution in [0.4, 0.5) is 11.4 Å². The first-order valence-corrected chi connectivity index (χ1v) is 16.1. The Hall–Kier alpha value is -3.95. The maximum absolute atomic E-state index is 5.90. The van der Waals surface area contributed by atoms with E-state index in [-0.39, 0.29) is 17.1 Å². The molecule has 0 saturated heterocycles. The maximum Gasteiger partial charge on any atom is 0.260 e. The van der Waals surface area contributed by atoms with Crippen molar-refractivity contribution in [1.29, 1.82) is 0 Å². The quantitative estimate of drug-likeness (QED) is 0.151. The summed E-state index contributed by atoms with van der Waals surface area (Å²) >= 11 is 0. The predicted molar refractivity (Wildman–Crippen MR) is 189 cm³/mol. The molecule has 1 unspecified atom stereocenters. The number of nitrogens with zero attached hydrogens (tertiary/aromatic N) is 2. The lowest BCUT2D eigenvalue weighted by Crippen LogP contribution is -2.31. The first-order chi connectivity index (χ1) is 21.1. The molecule has 3 nitrogen and oxygen atoms in total. The third kappa shape index (κ3) is 4.92. The van der Waals surface area contributed by atoms with E-state index < -0.39 is 0 Å². The molecule has 4 aromatic rings. The van der Waals surface area contributed by atoms with Crippen LogP contribution in [0.5, 0.6) is 0 Å². The van der Waals surface area contributed by atoms with E-state index in [0.717, 1.165) is 13.0 Å². The zero-order valence-electron chi connectivity index (χ0n) is 27.7. The van der Waals surface area contributed by atoms with Crippen molar-refractivity contribution in [1.82, 2.24) is 0 Å². The van der Waals surface area contributed by atoms with Gasteiger partial charge in [0.05, 0.1) is 5.41 Å². The smallest absolute Gasteiger partial charge is 0.260 e. The molecule has 2 aliphatic rings. The SMILES string of the molecule is COC(C)[N+]1=C(/C=C/C=C/C=C2/N(CCC(C)C)c3ccc4ccccc4c3C2(C)C)C(C)(C)c2c1ccc1ccccc21. The van der Waals surface area contributed by atoms with Crippen LogP contribution in [0.15, 0.2) is 109 Å². The standard InChI is InChI=1S/C41H47N2O/c1-28(2)26-27-42-34-24-22-30-16-12-14-18-32(30)38(34)40(4,5)36(42)20-10-9-11-21-37-41(6,7)39-33-19-15-13-17-31(33)23-25-35(39)43(37)29(3)44-8/h9-25,28-29H,26-27H2,1-8H3/q+1. The van der Waals surface area contributed by atoms with Crippen LogP contribution in [0, 0.1) is 5.92 Å². The van der Waals surface area contributed by atoms with Crippen molar-refractivity contribution in [2.75, 3.05) is 18.6 Å². The Morgan fingerprint density at radius 1 is 0.750 bits per heavy atom. The fourth-order valence-corrected chi connectivity index (χ4v) is 7.48. The zero-order valence-corrected chi connectivity index (χ0v) is 27.7. The number of methoxy groups -OCH3 is 1. The van der Waals surface area contributed by atoms with Crippen molar-refractivity contribution in [2.24, 2.45) is 5.92 Å². The average Bonchev–Trinajstić information content (AvgIpc) is 3.38. The van der Waals surface area contributed by atoms with Gasteiger partial charge in [0.2, 0.25) is 5.69 Å². The van der Waals surface area contributed by atoms with Gasteiger partial charge in [-0.1, -0.05) is 101 Å². The van der Waals surface area contributed by atoms with Gasteiger partial charge in [0.25, 0.3) is 6.23 Å². The van der Waals surface area contributed by atoms with E-state index >= 15 is 0 Å². The van der Waals surface area contributed by atoms with Crippen molar-refractivity contribution in [2.45, 2.75) is 71.9 Å². The highest BCUT2D eigenvalue weighted by Crippen LogP contribution is 2.51. The van der Waals surface area contributed by atoms with E-state index in [1.54, 1.807) is 7.11 Å². The third-order valence-electron chi connectivity index (χ3n) is 9.81. The monoisotopic (exact) mass is 583 g/mol. The van der Waals surface area contributed by atoms with Gasteiger partial charge in [-0.3, -0.25) is 0 Å². The molecule has 226 valence electrons. The molecule has 0 radical (unpaired) electrons. The molecule has 0 saturated carbocycles. The van der Waals surface area contributed by atoms with Gasteiger partial charge in [-0.05, 0) is 71.5 Å². The molecule has 0 N–H and O–H groups in total. The zero-order chi connectivity index (χ0) is 31.2. The summed E-state index contributed by atoms with van der Waals surface area (Å²) in [5.74, 6) is 0.646. The fourth-order valence-electron chi connectivity index (χ4n) is 7.48. The molecule has 3 heteroatoms. The van der Waals surface area contributed by atoms with Gasteiger partial charge in [-0.2, -0.15) is 4.58 Å². The molecule has 2 heterocycles. The van der Waals surface area contributed by atoms with Crippen LogP contribution in [0.1, 0.15) is 66.0 Å². The molecule has 1 atom stereocenters. The summed E-state index contributed by atoms with van der Waals surface area (Å²) in [6.45, 7) is 17.2. The lowest BCUT2D eigenvalue weighted by atomic mass is 9.79. The molecule has 6 rings (SSSR count). The highest BCUT2D eigenvalue weighted by molar-refractivity contribution is 6.07. The number of benzene rings is 4. The summed E-state index contributed by atoms with van der Waals surface area (Å²) in [4.78, 5) is 2.56. The van der Waals surface area contributed by atoms with Gasteiger partial charge in [-0.15, -0.1) is 0 Å². The number of hydrogen-bond acceptors (Lipinski definition) is 2. The summed E-state index contributed by atoms with van der Waals surface area (Å²) in [5.41, 5.74) is 7.71.